The van der Waals surface area contributed by atoms with Gasteiger partial charge in [-0.25, -0.2) is 0 Å². The Morgan fingerprint density at radius 3 is 1.91 bits per heavy atom. The van der Waals surface area contributed by atoms with E-state index in [2.05, 4.69) is 43.1 Å². The summed E-state index contributed by atoms with van der Waals surface area (Å²) in [7, 11) is 0. The Morgan fingerprint density at radius 2 is 1.20 bits per heavy atom. The molecular formula is C32H61NO2. The van der Waals surface area contributed by atoms with Gasteiger partial charge in [0.2, 0.25) is 0 Å². The quantitative estimate of drug-likeness (QED) is 0.0938. The molecule has 1 atom stereocenters. The van der Waals surface area contributed by atoms with E-state index in [9.17, 15) is 0 Å². The minimum absolute atomic E-state index is 0.249. The van der Waals surface area contributed by atoms with Crippen LogP contribution in [0.5, 0.6) is 0 Å². The SMILES string of the molecule is CCCCCC=CCC=CCCCCCCCCOCC(CN1CCCCC1)OCCCCCC. The number of rotatable bonds is 25. The number of allylic oxidation sites excluding steroid dienone is 4. The predicted octanol–water partition coefficient (Wildman–Crippen LogP) is 9.27. The molecular weight excluding hydrogens is 430 g/mol. The smallest absolute Gasteiger partial charge is 0.0934 e. The normalized spacial score (nSPS) is 16.1. The third kappa shape index (κ3) is 22.3. The number of hydrogen-bond donors (Lipinski definition) is 0. The zero-order valence-corrected chi connectivity index (χ0v) is 23.8. The summed E-state index contributed by atoms with van der Waals surface area (Å²) in [6, 6.07) is 0. The molecule has 3 heteroatoms. The first kappa shape index (κ1) is 32.4. The Labute approximate surface area is 220 Å². The van der Waals surface area contributed by atoms with E-state index in [1.54, 1.807) is 0 Å². The van der Waals surface area contributed by atoms with Gasteiger partial charge >= 0.3 is 0 Å². The molecule has 1 rings (SSSR count). The van der Waals surface area contributed by atoms with E-state index in [-0.39, 0.29) is 6.10 Å². The van der Waals surface area contributed by atoms with Crippen LogP contribution in [0.3, 0.4) is 0 Å². The van der Waals surface area contributed by atoms with Crippen LogP contribution in [-0.4, -0.2) is 50.5 Å². The van der Waals surface area contributed by atoms with Crippen LogP contribution in [0.4, 0.5) is 0 Å². The van der Waals surface area contributed by atoms with E-state index in [1.807, 2.05) is 0 Å². The molecule has 1 saturated heterocycles. The molecule has 0 saturated carbocycles. The number of likely N-dealkylation sites (tertiary alicyclic amines) is 1. The molecule has 1 aliphatic rings. The van der Waals surface area contributed by atoms with Gasteiger partial charge in [-0.1, -0.05) is 102 Å². The van der Waals surface area contributed by atoms with Crippen molar-refractivity contribution in [3.8, 4) is 0 Å². The Morgan fingerprint density at radius 1 is 0.629 bits per heavy atom. The molecule has 0 aromatic carbocycles. The van der Waals surface area contributed by atoms with Crippen molar-refractivity contribution in [3.05, 3.63) is 24.3 Å². The number of unbranched alkanes of at least 4 members (excludes halogenated alkanes) is 12. The number of hydrogen-bond acceptors (Lipinski definition) is 3. The van der Waals surface area contributed by atoms with E-state index in [1.165, 1.54) is 129 Å². The van der Waals surface area contributed by atoms with Gasteiger partial charge in [-0.3, -0.25) is 0 Å². The van der Waals surface area contributed by atoms with Crippen LogP contribution >= 0.6 is 0 Å². The van der Waals surface area contributed by atoms with Crippen LogP contribution in [-0.2, 0) is 9.47 Å². The molecule has 0 N–H and O–H groups in total. The fourth-order valence-electron chi connectivity index (χ4n) is 4.77. The van der Waals surface area contributed by atoms with Gasteiger partial charge in [-0.05, 0) is 70.9 Å². The highest BCUT2D eigenvalue weighted by Gasteiger charge is 2.17. The van der Waals surface area contributed by atoms with Gasteiger partial charge in [0.05, 0.1) is 12.7 Å². The summed E-state index contributed by atoms with van der Waals surface area (Å²) in [4.78, 5) is 2.59. The van der Waals surface area contributed by atoms with Crippen molar-refractivity contribution in [3.63, 3.8) is 0 Å². The third-order valence-corrected chi connectivity index (χ3v) is 7.06. The summed E-state index contributed by atoms with van der Waals surface area (Å²) in [5.74, 6) is 0. The summed E-state index contributed by atoms with van der Waals surface area (Å²) >= 11 is 0. The summed E-state index contributed by atoms with van der Waals surface area (Å²) in [6.45, 7) is 10.6. The molecule has 1 fully saturated rings. The lowest BCUT2D eigenvalue weighted by atomic mass is 10.1. The first-order chi connectivity index (χ1) is 17.4. The van der Waals surface area contributed by atoms with Gasteiger partial charge in [0.1, 0.15) is 0 Å². The summed E-state index contributed by atoms with van der Waals surface area (Å²) in [5, 5.41) is 0. The summed E-state index contributed by atoms with van der Waals surface area (Å²) in [6.07, 6.45) is 34.3. The molecule has 0 radical (unpaired) electrons. The van der Waals surface area contributed by atoms with Gasteiger partial charge < -0.3 is 14.4 Å². The molecule has 1 aliphatic heterocycles. The Kier molecular flexibility index (Phi) is 24.5. The average Bonchev–Trinajstić information content (AvgIpc) is 2.88. The summed E-state index contributed by atoms with van der Waals surface area (Å²) in [5.41, 5.74) is 0. The molecule has 0 aromatic heterocycles. The van der Waals surface area contributed by atoms with Gasteiger partial charge in [-0.2, -0.15) is 0 Å². The second-order valence-corrected chi connectivity index (χ2v) is 10.6. The van der Waals surface area contributed by atoms with Crippen molar-refractivity contribution in [2.24, 2.45) is 0 Å². The molecule has 206 valence electrons. The van der Waals surface area contributed by atoms with E-state index >= 15 is 0 Å². The molecule has 0 amide bonds. The molecule has 0 aliphatic carbocycles. The van der Waals surface area contributed by atoms with Crippen LogP contribution < -0.4 is 0 Å². The molecule has 0 spiro atoms. The highest BCUT2D eigenvalue weighted by Crippen LogP contribution is 2.12. The molecule has 0 aromatic rings. The number of piperidine rings is 1. The molecule has 1 heterocycles. The maximum Gasteiger partial charge on any atom is 0.0934 e. The van der Waals surface area contributed by atoms with Crippen molar-refractivity contribution in [2.45, 2.75) is 142 Å². The fraction of sp³-hybridized carbons (Fsp3) is 0.875. The lowest BCUT2D eigenvalue weighted by Crippen LogP contribution is -2.39. The molecule has 1 unspecified atom stereocenters. The second-order valence-electron chi connectivity index (χ2n) is 10.6. The van der Waals surface area contributed by atoms with E-state index in [4.69, 9.17) is 9.47 Å². The minimum atomic E-state index is 0.249. The van der Waals surface area contributed by atoms with Crippen molar-refractivity contribution in [1.82, 2.24) is 4.90 Å². The zero-order valence-electron chi connectivity index (χ0n) is 23.8. The van der Waals surface area contributed by atoms with Crippen molar-refractivity contribution in [2.75, 3.05) is 39.5 Å². The standard InChI is InChI=1S/C32H61NO2/c1-3-5-7-9-10-11-12-13-14-15-16-17-18-19-20-24-28-34-31-32(35-29-25-8-6-4-2)30-33-26-22-21-23-27-33/h10-11,13-14,32H,3-9,12,15-31H2,1-2H3. The van der Waals surface area contributed by atoms with Crippen LogP contribution in [0.1, 0.15) is 136 Å². The second kappa shape index (κ2) is 26.4. The van der Waals surface area contributed by atoms with Crippen LogP contribution in [0.2, 0.25) is 0 Å². The Hall–Kier alpha value is -0.640. The third-order valence-electron chi connectivity index (χ3n) is 7.06. The molecule has 35 heavy (non-hydrogen) atoms. The van der Waals surface area contributed by atoms with Crippen molar-refractivity contribution in [1.29, 1.82) is 0 Å². The first-order valence-electron chi connectivity index (χ1n) is 15.6. The first-order valence-corrected chi connectivity index (χ1v) is 15.6. The topological polar surface area (TPSA) is 21.7 Å². The van der Waals surface area contributed by atoms with Gasteiger partial charge in [0, 0.05) is 19.8 Å². The Balaban J connectivity index is 1.97. The fourth-order valence-corrected chi connectivity index (χ4v) is 4.77. The predicted molar refractivity (Wildman–Crippen MR) is 154 cm³/mol. The van der Waals surface area contributed by atoms with Crippen LogP contribution in [0, 0.1) is 0 Å². The molecule has 0 bridgehead atoms. The molecule has 3 nitrogen and oxygen atoms in total. The maximum atomic E-state index is 6.25. The van der Waals surface area contributed by atoms with E-state index in [0.29, 0.717) is 0 Å². The average molecular weight is 492 g/mol. The lowest BCUT2D eigenvalue weighted by Gasteiger charge is -2.30. The van der Waals surface area contributed by atoms with Crippen LogP contribution in [0.25, 0.3) is 0 Å². The number of ether oxygens (including phenoxy) is 2. The highest BCUT2D eigenvalue weighted by atomic mass is 16.5. The zero-order chi connectivity index (χ0) is 25.1. The van der Waals surface area contributed by atoms with E-state index in [0.717, 1.165) is 32.8 Å². The maximum absolute atomic E-state index is 6.25. The highest BCUT2D eigenvalue weighted by molar-refractivity contribution is 4.92. The monoisotopic (exact) mass is 491 g/mol. The van der Waals surface area contributed by atoms with Gasteiger partial charge in [0.25, 0.3) is 0 Å². The van der Waals surface area contributed by atoms with Crippen molar-refractivity contribution < 1.29 is 9.47 Å². The van der Waals surface area contributed by atoms with Crippen molar-refractivity contribution >= 4 is 0 Å². The van der Waals surface area contributed by atoms with E-state index < -0.39 is 0 Å². The summed E-state index contributed by atoms with van der Waals surface area (Å²) < 4.78 is 12.3. The number of nitrogens with zero attached hydrogens (tertiary/aromatic N) is 1. The van der Waals surface area contributed by atoms with Gasteiger partial charge in [0.15, 0.2) is 0 Å². The minimum Gasteiger partial charge on any atom is -0.379 e. The van der Waals surface area contributed by atoms with Crippen LogP contribution in [0.15, 0.2) is 24.3 Å². The van der Waals surface area contributed by atoms with Gasteiger partial charge in [-0.15, -0.1) is 0 Å². The Bertz CT molecular complexity index is 470. The largest absolute Gasteiger partial charge is 0.379 e. The lowest BCUT2D eigenvalue weighted by molar-refractivity contribution is -0.0363.